The molecule has 0 aliphatic carbocycles. The van der Waals surface area contributed by atoms with Gasteiger partial charge in [-0.15, -0.1) is 0 Å². The first-order chi connectivity index (χ1) is 8.51. The Balaban J connectivity index is 2.41. The molecule has 1 aromatic rings. The van der Waals surface area contributed by atoms with Crippen molar-refractivity contribution in [3.8, 4) is 0 Å². The molecule has 0 aliphatic heterocycles. The highest BCUT2D eigenvalue weighted by atomic mass is 35.5. The van der Waals surface area contributed by atoms with Crippen LogP contribution in [0.2, 0.25) is 5.02 Å². The van der Waals surface area contributed by atoms with Gasteiger partial charge in [0.15, 0.2) is 0 Å². The first-order valence-corrected chi connectivity index (χ1v) is 6.46. The molecule has 0 aliphatic rings. The maximum Gasteiger partial charge on any atom is 0.307 e. The summed E-state index contributed by atoms with van der Waals surface area (Å²) >= 11 is 5.94. The van der Waals surface area contributed by atoms with Crippen molar-refractivity contribution >= 4 is 17.6 Å². The molecule has 3 nitrogen and oxygen atoms in total. The molecule has 0 bridgehead atoms. The zero-order valence-electron chi connectivity index (χ0n) is 10.9. The van der Waals surface area contributed by atoms with Gasteiger partial charge in [-0.05, 0) is 36.5 Å². The zero-order valence-corrected chi connectivity index (χ0v) is 11.6. The molecular weight excluding hydrogens is 250 g/mol. The quantitative estimate of drug-likeness (QED) is 0.808. The van der Waals surface area contributed by atoms with E-state index in [0.29, 0.717) is 5.92 Å². The fraction of sp³-hybridized carbons (Fsp3) is 0.500. The number of rotatable bonds is 6. The normalized spacial score (nSPS) is 14.0. The lowest BCUT2D eigenvalue weighted by Crippen LogP contribution is -2.27. The summed E-state index contributed by atoms with van der Waals surface area (Å²) in [5.41, 5.74) is 7.10. The molecule has 1 aromatic carbocycles. The third-order valence-electron chi connectivity index (χ3n) is 2.83. The molecule has 2 atom stereocenters. The topological polar surface area (TPSA) is 52.3 Å². The zero-order chi connectivity index (χ0) is 13.5. The van der Waals surface area contributed by atoms with E-state index >= 15 is 0 Å². The number of hydrogen-bond acceptors (Lipinski definition) is 3. The number of esters is 1. The molecule has 18 heavy (non-hydrogen) atoms. The number of nitrogens with two attached hydrogens (primary N) is 1. The Morgan fingerprint density at radius 1 is 1.50 bits per heavy atom. The van der Waals surface area contributed by atoms with E-state index in [4.69, 9.17) is 17.3 Å². The molecule has 0 spiro atoms. The molecule has 2 unspecified atom stereocenters. The highest BCUT2D eigenvalue weighted by molar-refractivity contribution is 6.30. The molecule has 0 saturated carbocycles. The Morgan fingerprint density at radius 2 is 2.22 bits per heavy atom. The van der Waals surface area contributed by atoms with Crippen LogP contribution in [0.5, 0.6) is 0 Å². The van der Waals surface area contributed by atoms with Crippen molar-refractivity contribution in [2.75, 3.05) is 7.11 Å². The van der Waals surface area contributed by atoms with Crippen LogP contribution < -0.4 is 5.73 Å². The van der Waals surface area contributed by atoms with Crippen molar-refractivity contribution in [2.24, 2.45) is 11.7 Å². The number of ether oxygens (including phenoxy) is 1. The van der Waals surface area contributed by atoms with Gasteiger partial charge in [0.2, 0.25) is 0 Å². The molecular formula is C14H20ClNO2. The second-order valence-corrected chi connectivity index (χ2v) is 5.15. The minimum absolute atomic E-state index is 0.147. The van der Waals surface area contributed by atoms with Gasteiger partial charge in [-0.3, -0.25) is 4.79 Å². The smallest absolute Gasteiger partial charge is 0.307 e. The van der Waals surface area contributed by atoms with E-state index in [9.17, 15) is 4.79 Å². The van der Waals surface area contributed by atoms with Gasteiger partial charge in [-0.25, -0.2) is 0 Å². The van der Waals surface area contributed by atoms with Crippen LogP contribution in [0.15, 0.2) is 24.3 Å². The van der Waals surface area contributed by atoms with E-state index in [2.05, 4.69) is 11.7 Å². The third-order valence-corrected chi connectivity index (χ3v) is 3.07. The van der Waals surface area contributed by atoms with Crippen LogP contribution in [-0.2, 0) is 16.0 Å². The van der Waals surface area contributed by atoms with E-state index in [1.54, 1.807) is 0 Å². The van der Waals surface area contributed by atoms with E-state index in [0.717, 1.165) is 17.9 Å². The second-order valence-electron chi connectivity index (χ2n) is 4.72. The number of carbonyl (C=O) groups excluding carboxylic acids is 1. The van der Waals surface area contributed by atoms with Crippen LogP contribution in [0.25, 0.3) is 0 Å². The van der Waals surface area contributed by atoms with Crippen LogP contribution in [-0.4, -0.2) is 19.1 Å². The fourth-order valence-electron chi connectivity index (χ4n) is 2.05. The van der Waals surface area contributed by atoms with Gasteiger partial charge in [-0.2, -0.15) is 0 Å². The van der Waals surface area contributed by atoms with E-state index in [1.165, 1.54) is 12.7 Å². The maximum absolute atomic E-state index is 11.1. The lowest BCUT2D eigenvalue weighted by atomic mass is 9.93. The Bertz CT molecular complexity index is 395. The first-order valence-electron chi connectivity index (χ1n) is 6.08. The SMILES string of the molecule is COC(=O)CC(N)CC(C)Cc1cccc(Cl)c1. The summed E-state index contributed by atoms with van der Waals surface area (Å²) in [6.45, 7) is 2.12. The summed E-state index contributed by atoms with van der Waals surface area (Å²) in [7, 11) is 1.38. The number of methoxy groups -OCH3 is 1. The minimum atomic E-state index is -0.252. The number of hydrogen-bond donors (Lipinski definition) is 1. The minimum Gasteiger partial charge on any atom is -0.469 e. The lowest BCUT2D eigenvalue weighted by molar-refractivity contribution is -0.141. The number of benzene rings is 1. The average Bonchev–Trinajstić information content (AvgIpc) is 2.28. The van der Waals surface area contributed by atoms with Crippen molar-refractivity contribution in [3.63, 3.8) is 0 Å². The molecule has 0 amide bonds. The van der Waals surface area contributed by atoms with Crippen LogP contribution in [0.4, 0.5) is 0 Å². The Hall–Kier alpha value is -1.06. The maximum atomic E-state index is 11.1. The summed E-state index contributed by atoms with van der Waals surface area (Å²) in [6.07, 6.45) is 1.98. The summed E-state index contributed by atoms with van der Waals surface area (Å²) in [5.74, 6) is 0.153. The Morgan fingerprint density at radius 3 is 2.83 bits per heavy atom. The number of carbonyl (C=O) groups is 1. The highest BCUT2D eigenvalue weighted by Crippen LogP contribution is 2.17. The fourth-order valence-corrected chi connectivity index (χ4v) is 2.26. The Kier molecular flexibility index (Phi) is 6.16. The van der Waals surface area contributed by atoms with Gasteiger partial charge in [0.25, 0.3) is 0 Å². The molecule has 100 valence electrons. The van der Waals surface area contributed by atoms with Crippen LogP contribution in [0.1, 0.15) is 25.3 Å². The molecule has 4 heteroatoms. The molecule has 0 saturated heterocycles. The summed E-state index contributed by atoms with van der Waals surface area (Å²) in [6, 6.07) is 7.67. The Labute approximate surface area is 113 Å². The molecule has 0 aromatic heterocycles. The highest BCUT2D eigenvalue weighted by Gasteiger charge is 2.14. The van der Waals surface area contributed by atoms with Gasteiger partial charge in [-0.1, -0.05) is 30.7 Å². The third kappa shape index (κ3) is 5.52. The number of halogens is 1. The van der Waals surface area contributed by atoms with Gasteiger partial charge in [0, 0.05) is 11.1 Å². The first kappa shape index (κ1) is 15.0. The van der Waals surface area contributed by atoms with E-state index < -0.39 is 0 Å². The standard InChI is InChI=1S/C14H20ClNO2/c1-10(7-13(16)9-14(17)18-2)6-11-4-3-5-12(15)8-11/h3-5,8,10,13H,6-7,9,16H2,1-2H3. The van der Waals surface area contributed by atoms with Crippen molar-refractivity contribution in [1.82, 2.24) is 0 Å². The molecule has 0 radical (unpaired) electrons. The predicted molar refractivity (Wildman–Crippen MR) is 73.5 cm³/mol. The van der Waals surface area contributed by atoms with Gasteiger partial charge < -0.3 is 10.5 Å². The molecule has 0 fully saturated rings. The summed E-state index contributed by atoms with van der Waals surface area (Å²) in [4.78, 5) is 11.1. The van der Waals surface area contributed by atoms with Crippen molar-refractivity contribution in [1.29, 1.82) is 0 Å². The van der Waals surface area contributed by atoms with Crippen LogP contribution in [0.3, 0.4) is 0 Å². The molecule has 0 heterocycles. The van der Waals surface area contributed by atoms with E-state index in [-0.39, 0.29) is 18.4 Å². The van der Waals surface area contributed by atoms with Crippen LogP contribution in [0, 0.1) is 5.92 Å². The lowest BCUT2D eigenvalue weighted by Gasteiger charge is -2.16. The van der Waals surface area contributed by atoms with Crippen molar-refractivity contribution < 1.29 is 9.53 Å². The monoisotopic (exact) mass is 269 g/mol. The average molecular weight is 270 g/mol. The summed E-state index contributed by atoms with van der Waals surface area (Å²) in [5, 5.41) is 0.749. The van der Waals surface area contributed by atoms with E-state index in [1.807, 2.05) is 24.3 Å². The molecule has 2 N–H and O–H groups in total. The largest absolute Gasteiger partial charge is 0.469 e. The van der Waals surface area contributed by atoms with Crippen molar-refractivity contribution in [3.05, 3.63) is 34.9 Å². The second kappa shape index (κ2) is 7.39. The summed E-state index contributed by atoms with van der Waals surface area (Å²) < 4.78 is 4.60. The van der Waals surface area contributed by atoms with Gasteiger partial charge in [0.05, 0.1) is 13.5 Å². The molecule has 1 rings (SSSR count). The predicted octanol–water partition coefficient (Wildman–Crippen LogP) is 2.80. The van der Waals surface area contributed by atoms with Gasteiger partial charge >= 0.3 is 5.97 Å². The van der Waals surface area contributed by atoms with Crippen molar-refractivity contribution in [2.45, 2.75) is 32.2 Å². The van der Waals surface area contributed by atoms with Crippen LogP contribution >= 0.6 is 11.6 Å². The van der Waals surface area contributed by atoms with Gasteiger partial charge in [0.1, 0.15) is 0 Å².